The minimum atomic E-state index is 0.0256. The number of aryl methyl sites for hydroxylation is 2. The average Bonchev–Trinajstić information content (AvgIpc) is 3.33. The van der Waals surface area contributed by atoms with Crippen LogP contribution in [-0.2, 0) is 10.8 Å². The van der Waals surface area contributed by atoms with Crippen LogP contribution in [0.4, 0.5) is 0 Å². The summed E-state index contributed by atoms with van der Waals surface area (Å²) in [5.41, 5.74) is 9.21. The van der Waals surface area contributed by atoms with E-state index in [2.05, 4.69) is 157 Å². The van der Waals surface area contributed by atoms with Crippen LogP contribution in [0.5, 0.6) is 0 Å². The molecule has 0 atom stereocenters. The minimum absolute atomic E-state index is 0.0256. The Kier molecular flexibility index (Phi) is 6.67. The van der Waals surface area contributed by atoms with E-state index in [4.69, 9.17) is 15.0 Å². The van der Waals surface area contributed by atoms with Gasteiger partial charge in [0, 0.05) is 21.9 Å². The highest BCUT2D eigenvalue weighted by Gasteiger charge is 2.22. The minimum Gasteiger partial charge on any atom is -0.278 e. The largest absolute Gasteiger partial charge is 0.278 e. The van der Waals surface area contributed by atoms with Crippen molar-refractivity contribution in [2.24, 2.45) is 0 Å². The summed E-state index contributed by atoms with van der Waals surface area (Å²) >= 11 is 0. The second-order valence-corrected chi connectivity index (χ2v) is 14.5. The molecular formula is C41H40N4. The number of hydrogen-bond acceptors (Lipinski definition) is 3. The molecule has 0 aliphatic heterocycles. The van der Waals surface area contributed by atoms with Crippen molar-refractivity contribution in [1.29, 1.82) is 0 Å². The van der Waals surface area contributed by atoms with E-state index in [0.717, 1.165) is 22.2 Å². The summed E-state index contributed by atoms with van der Waals surface area (Å²) in [5, 5.41) is 4.80. The standard InChI is InChI=1S/C41H40N4/c1-25-9-12-27(13-10-25)37-42-38(30-16-15-28-21-26(2)11-14-29(28)22-30)44-39(43-37)45-35-19-17-31(40(3,4)5)23-33(35)34-24-32(41(6,7)8)18-20-36(34)45/h9-24H,1-8H3. The van der Waals surface area contributed by atoms with Crippen LogP contribution in [0.2, 0.25) is 0 Å². The van der Waals surface area contributed by atoms with E-state index in [1.165, 1.54) is 43.8 Å². The van der Waals surface area contributed by atoms with E-state index in [0.29, 0.717) is 17.6 Å². The molecule has 0 fully saturated rings. The van der Waals surface area contributed by atoms with Gasteiger partial charge in [-0.2, -0.15) is 9.97 Å². The van der Waals surface area contributed by atoms with Crippen LogP contribution in [-0.4, -0.2) is 19.5 Å². The van der Waals surface area contributed by atoms with Gasteiger partial charge in [0.05, 0.1) is 11.0 Å². The lowest BCUT2D eigenvalue weighted by Gasteiger charge is -2.19. The van der Waals surface area contributed by atoms with Gasteiger partial charge in [0.15, 0.2) is 11.6 Å². The summed E-state index contributed by atoms with van der Waals surface area (Å²) in [6.45, 7) is 17.8. The molecule has 5 aromatic carbocycles. The molecule has 0 saturated carbocycles. The first-order chi connectivity index (χ1) is 21.3. The Morgan fingerprint density at radius 1 is 0.467 bits per heavy atom. The van der Waals surface area contributed by atoms with E-state index >= 15 is 0 Å². The second kappa shape index (κ2) is 10.4. The molecule has 0 aliphatic rings. The molecule has 7 aromatic rings. The van der Waals surface area contributed by atoms with Crippen molar-refractivity contribution < 1.29 is 0 Å². The third-order valence-electron chi connectivity index (χ3n) is 8.88. The van der Waals surface area contributed by atoms with Gasteiger partial charge in [-0.15, -0.1) is 0 Å². The number of rotatable bonds is 3. The molecular weight excluding hydrogens is 548 g/mol. The summed E-state index contributed by atoms with van der Waals surface area (Å²) in [6, 6.07) is 35.1. The molecule has 0 radical (unpaired) electrons. The van der Waals surface area contributed by atoms with Gasteiger partial charge in [-0.05, 0) is 76.9 Å². The number of fused-ring (bicyclic) bond motifs is 4. The molecule has 0 aliphatic carbocycles. The maximum atomic E-state index is 5.20. The average molecular weight is 589 g/mol. The molecule has 0 saturated heterocycles. The molecule has 4 heteroatoms. The van der Waals surface area contributed by atoms with Crippen molar-refractivity contribution in [1.82, 2.24) is 19.5 Å². The third kappa shape index (κ3) is 5.29. The first kappa shape index (κ1) is 28.9. The summed E-state index contributed by atoms with van der Waals surface area (Å²) in [6.07, 6.45) is 0. The SMILES string of the molecule is Cc1ccc(-c2nc(-c3ccc4cc(C)ccc4c3)nc(-n3c4ccc(C(C)(C)C)cc4c4cc(C(C)(C)C)ccc43)n2)cc1. The fourth-order valence-corrected chi connectivity index (χ4v) is 6.10. The third-order valence-corrected chi connectivity index (χ3v) is 8.88. The first-order valence-corrected chi connectivity index (χ1v) is 15.8. The fourth-order valence-electron chi connectivity index (χ4n) is 6.10. The van der Waals surface area contributed by atoms with Gasteiger partial charge in [0.2, 0.25) is 5.95 Å². The van der Waals surface area contributed by atoms with Gasteiger partial charge in [0.25, 0.3) is 0 Å². The maximum Gasteiger partial charge on any atom is 0.238 e. The predicted octanol–water partition coefficient (Wildman–Crippen LogP) is 10.7. The number of aromatic nitrogens is 4. The highest BCUT2D eigenvalue weighted by atomic mass is 15.2. The number of hydrogen-bond donors (Lipinski definition) is 0. The van der Waals surface area contributed by atoms with Crippen LogP contribution >= 0.6 is 0 Å². The quantitative estimate of drug-likeness (QED) is 0.206. The van der Waals surface area contributed by atoms with Crippen molar-refractivity contribution >= 4 is 32.6 Å². The fraction of sp³-hybridized carbons (Fsp3) is 0.244. The zero-order valence-corrected chi connectivity index (χ0v) is 27.5. The molecule has 0 bridgehead atoms. The van der Waals surface area contributed by atoms with Gasteiger partial charge in [-0.25, -0.2) is 4.98 Å². The van der Waals surface area contributed by atoms with E-state index in [9.17, 15) is 0 Å². The Labute approximate surface area is 265 Å². The molecule has 45 heavy (non-hydrogen) atoms. The van der Waals surface area contributed by atoms with E-state index in [-0.39, 0.29) is 10.8 Å². The molecule has 0 N–H and O–H groups in total. The maximum absolute atomic E-state index is 5.20. The molecule has 4 nitrogen and oxygen atoms in total. The van der Waals surface area contributed by atoms with Crippen LogP contribution in [0.15, 0.2) is 97.1 Å². The topological polar surface area (TPSA) is 43.6 Å². The lowest BCUT2D eigenvalue weighted by molar-refractivity contribution is 0.590. The smallest absolute Gasteiger partial charge is 0.238 e. The molecule has 0 unspecified atom stereocenters. The predicted molar refractivity (Wildman–Crippen MR) is 189 cm³/mol. The van der Waals surface area contributed by atoms with Gasteiger partial charge in [-0.3, -0.25) is 4.57 Å². The van der Waals surface area contributed by atoms with Crippen molar-refractivity contribution in [3.05, 3.63) is 119 Å². The number of nitrogens with zero attached hydrogens (tertiary/aromatic N) is 4. The first-order valence-electron chi connectivity index (χ1n) is 15.8. The van der Waals surface area contributed by atoms with E-state index in [1.807, 2.05) is 0 Å². The Balaban J connectivity index is 1.53. The monoisotopic (exact) mass is 588 g/mol. The summed E-state index contributed by atoms with van der Waals surface area (Å²) in [4.78, 5) is 15.4. The lowest BCUT2D eigenvalue weighted by atomic mass is 9.85. The summed E-state index contributed by atoms with van der Waals surface area (Å²) < 4.78 is 2.22. The van der Waals surface area contributed by atoms with Gasteiger partial charge in [-0.1, -0.05) is 119 Å². The molecule has 2 aromatic heterocycles. The lowest BCUT2D eigenvalue weighted by Crippen LogP contribution is -2.10. The van der Waals surface area contributed by atoms with Crippen molar-refractivity contribution in [2.45, 2.75) is 66.2 Å². The molecule has 7 rings (SSSR count). The van der Waals surface area contributed by atoms with Gasteiger partial charge < -0.3 is 0 Å². The van der Waals surface area contributed by atoms with Crippen LogP contribution in [0.1, 0.15) is 63.8 Å². The van der Waals surface area contributed by atoms with Crippen LogP contribution < -0.4 is 0 Å². The normalized spacial score (nSPS) is 12.4. The van der Waals surface area contributed by atoms with Gasteiger partial charge >= 0.3 is 0 Å². The Morgan fingerprint density at radius 3 is 1.53 bits per heavy atom. The van der Waals surface area contributed by atoms with Crippen molar-refractivity contribution in [3.63, 3.8) is 0 Å². The second-order valence-electron chi connectivity index (χ2n) is 14.5. The van der Waals surface area contributed by atoms with E-state index in [1.54, 1.807) is 0 Å². The van der Waals surface area contributed by atoms with Crippen LogP contribution in [0.25, 0.3) is 61.3 Å². The highest BCUT2D eigenvalue weighted by Crippen LogP contribution is 2.37. The summed E-state index contributed by atoms with van der Waals surface area (Å²) in [7, 11) is 0. The zero-order valence-electron chi connectivity index (χ0n) is 27.5. The highest BCUT2D eigenvalue weighted by molar-refractivity contribution is 6.09. The van der Waals surface area contributed by atoms with Gasteiger partial charge in [0.1, 0.15) is 0 Å². The van der Waals surface area contributed by atoms with E-state index < -0.39 is 0 Å². The Morgan fingerprint density at radius 2 is 0.956 bits per heavy atom. The summed E-state index contributed by atoms with van der Waals surface area (Å²) in [5.74, 6) is 1.93. The van der Waals surface area contributed by atoms with Crippen LogP contribution in [0.3, 0.4) is 0 Å². The molecule has 224 valence electrons. The molecule has 2 heterocycles. The molecule has 0 amide bonds. The van der Waals surface area contributed by atoms with Crippen molar-refractivity contribution in [3.8, 4) is 28.7 Å². The Bertz CT molecular complexity index is 2170. The molecule has 0 spiro atoms. The van der Waals surface area contributed by atoms with Crippen LogP contribution in [0, 0.1) is 13.8 Å². The zero-order chi connectivity index (χ0) is 31.7. The van der Waals surface area contributed by atoms with Crippen molar-refractivity contribution in [2.75, 3.05) is 0 Å². The number of benzene rings is 5. The Hall–Kier alpha value is -4.83.